The maximum atomic E-state index is 12.9. The molecule has 2 saturated heterocycles. The van der Waals surface area contributed by atoms with Gasteiger partial charge in [0.15, 0.2) is 0 Å². The minimum absolute atomic E-state index is 0.00519. The fourth-order valence-electron chi connectivity index (χ4n) is 3.93. The Hall–Kier alpha value is -2.08. The van der Waals surface area contributed by atoms with Crippen LogP contribution in [-0.4, -0.2) is 60.0 Å². The zero-order valence-corrected chi connectivity index (χ0v) is 15.3. The summed E-state index contributed by atoms with van der Waals surface area (Å²) in [6, 6.07) is 9.79. The fraction of sp³-hybridized carbons (Fsp3) is 0.579. The number of amides is 3. The molecule has 2 heterocycles. The van der Waals surface area contributed by atoms with Crippen LogP contribution >= 0.6 is 0 Å². The van der Waals surface area contributed by atoms with Gasteiger partial charge in [0.05, 0.1) is 5.54 Å². The van der Waals surface area contributed by atoms with Gasteiger partial charge in [0.2, 0.25) is 5.91 Å². The lowest BCUT2D eigenvalue weighted by atomic mass is 9.86. The van der Waals surface area contributed by atoms with E-state index in [4.69, 9.17) is 0 Å². The summed E-state index contributed by atoms with van der Waals surface area (Å²) in [4.78, 5) is 28.8. The number of nitrogens with zero attached hydrogens (tertiary/aromatic N) is 2. The van der Waals surface area contributed by atoms with E-state index in [0.29, 0.717) is 6.54 Å². The van der Waals surface area contributed by atoms with Crippen LogP contribution in [0.1, 0.15) is 38.3 Å². The normalized spacial score (nSPS) is 21.4. The molecule has 2 N–H and O–H groups in total. The summed E-state index contributed by atoms with van der Waals surface area (Å²) in [7, 11) is 1.87. The molecule has 1 aromatic carbocycles. The summed E-state index contributed by atoms with van der Waals surface area (Å²) in [5, 5.41) is 6.00. The lowest BCUT2D eigenvalue weighted by Gasteiger charge is -2.44. The van der Waals surface area contributed by atoms with Gasteiger partial charge in [0.1, 0.15) is 6.04 Å². The van der Waals surface area contributed by atoms with E-state index in [0.717, 1.165) is 31.5 Å². The first-order valence-corrected chi connectivity index (χ1v) is 9.04. The summed E-state index contributed by atoms with van der Waals surface area (Å²) in [6.45, 7) is 6.25. The van der Waals surface area contributed by atoms with E-state index in [9.17, 15) is 9.59 Å². The maximum Gasteiger partial charge on any atom is 0.317 e. The molecule has 3 amide bonds. The van der Waals surface area contributed by atoms with E-state index in [2.05, 4.69) is 15.5 Å². The molecule has 3 rings (SSSR count). The predicted octanol–water partition coefficient (Wildman–Crippen LogP) is 1.74. The Labute approximate surface area is 149 Å². The van der Waals surface area contributed by atoms with E-state index in [1.807, 2.05) is 56.1 Å². The smallest absolute Gasteiger partial charge is 0.317 e. The van der Waals surface area contributed by atoms with Gasteiger partial charge in [-0.2, -0.15) is 0 Å². The Balaban J connectivity index is 1.77. The van der Waals surface area contributed by atoms with Crippen LogP contribution in [0.2, 0.25) is 0 Å². The predicted molar refractivity (Wildman–Crippen MR) is 97.2 cm³/mol. The number of urea groups is 1. The third-order valence-electron chi connectivity index (χ3n) is 5.47. The van der Waals surface area contributed by atoms with E-state index in [1.54, 1.807) is 0 Å². The van der Waals surface area contributed by atoms with Gasteiger partial charge in [-0.25, -0.2) is 4.79 Å². The highest BCUT2D eigenvalue weighted by Gasteiger charge is 2.46. The molecular formula is C19H28N4O2. The number of nitrogens with one attached hydrogen (secondary N) is 2. The van der Waals surface area contributed by atoms with Crippen molar-refractivity contribution in [1.29, 1.82) is 0 Å². The SMILES string of the molecule is CC(C)NC(=O)C(c1ccccc1)N1CCC2(CC1)CNC(=O)N2C. The van der Waals surface area contributed by atoms with E-state index < -0.39 is 0 Å². The van der Waals surface area contributed by atoms with Crippen molar-refractivity contribution in [2.24, 2.45) is 0 Å². The number of carbonyl (C=O) groups excluding carboxylic acids is 2. The van der Waals surface area contributed by atoms with E-state index in [1.165, 1.54) is 0 Å². The number of piperidine rings is 1. The molecule has 25 heavy (non-hydrogen) atoms. The molecule has 2 aliphatic rings. The standard InChI is InChI=1S/C19H28N4O2/c1-14(2)21-17(24)16(15-7-5-4-6-8-15)23-11-9-19(10-12-23)13-20-18(25)22(19)3/h4-8,14,16H,9-13H2,1-3H3,(H,20,25)(H,21,24). The average Bonchev–Trinajstić information content (AvgIpc) is 2.86. The molecule has 0 saturated carbocycles. The van der Waals surface area contributed by atoms with Crippen LogP contribution in [0.25, 0.3) is 0 Å². The number of likely N-dealkylation sites (tertiary alicyclic amines) is 1. The van der Waals surface area contributed by atoms with Crippen LogP contribution < -0.4 is 10.6 Å². The number of hydrogen-bond donors (Lipinski definition) is 2. The Morgan fingerprint density at radius 1 is 1.20 bits per heavy atom. The first-order chi connectivity index (χ1) is 11.9. The average molecular weight is 344 g/mol. The highest BCUT2D eigenvalue weighted by Crippen LogP contribution is 2.34. The summed E-state index contributed by atoms with van der Waals surface area (Å²) in [6.07, 6.45) is 1.75. The van der Waals surface area contributed by atoms with Gasteiger partial charge in [-0.05, 0) is 32.3 Å². The van der Waals surface area contributed by atoms with Gasteiger partial charge in [-0.15, -0.1) is 0 Å². The topological polar surface area (TPSA) is 64.7 Å². The first-order valence-electron chi connectivity index (χ1n) is 9.04. The number of rotatable bonds is 4. The molecule has 1 spiro atoms. The van der Waals surface area contributed by atoms with Crippen molar-refractivity contribution >= 4 is 11.9 Å². The van der Waals surface area contributed by atoms with E-state index >= 15 is 0 Å². The Morgan fingerprint density at radius 3 is 2.36 bits per heavy atom. The molecule has 0 bridgehead atoms. The Kier molecular flexibility index (Phi) is 4.99. The Bertz CT molecular complexity index is 624. The summed E-state index contributed by atoms with van der Waals surface area (Å²) in [5.41, 5.74) is 0.911. The third-order valence-corrected chi connectivity index (χ3v) is 5.47. The van der Waals surface area contributed by atoms with Crippen LogP contribution in [0.4, 0.5) is 4.79 Å². The second kappa shape index (κ2) is 7.04. The molecule has 2 aliphatic heterocycles. The van der Waals surface area contributed by atoms with Crippen molar-refractivity contribution in [1.82, 2.24) is 20.4 Å². The highest BCUT2D eigenvalue weighted by atomic mass is 16.2. The quantitative estimate of drug-likeness (QED) is 0.874. The molecule has 1 unspecified atom stereocenters. The van der Waals surface area contributed by atoms with Crippen molar-refractivity contribution in [3.63, 3.8) is 0 Å². The number of likely N-dealkylation sites (N-methyl/N-ethyl adjacent to an activating group) is 1. The van der Waals surface area contributed by atoms with E-state index in [-0.39, 0.29) is 29.6 Å². The van der Waals surface area contributed by atoms with Crippen molar-refractivity contribution in [3.05, 3.63) is 35.9 Å². The highest BCUT2D eigenvalue weighted by molar-refractivity contribution is 5.83. The molecule has 2 fully saturated rings. The summed E-state index contributed by atoms with van der Waals surface area (Å²) < 4.78 is 0. The van der Waals surface area contributed by atoms with Crippen molar-refractivity contribution in [3.8, 4) is 0 Å². The largest absolute Gasteiger partial charge is 0.352 e. The molecule has 1 atom stereocenters. The molecular weight excluding hydrogens is 316 g/mol. The summed E-state index contributed by atoms with van der Waals surface area (Å²) >= 11 is 0. The molecule has 6 heteroatoms. The number of carbonyl (C=O) groups is 2. The van der Waals surface area contributed by atoms with Crippen LogP contribution in [-0.2, 0) is 4.79 Å². The second-order valence-electron chi connectivity index (χ2n) is 7.45. The monoisotopic (exact) mass is 344 g/mol. The third kappa shape index (κ3) is 3.49. The van der Waals surface area contributed by atoms with Crippen molar-refractivity contribution in [2.45, 2.75) is 44.3 Å². The summed E-state index contributed by atoms with van der Waals surface area (Å²) in [5.74, 6) is 0.0473. The molecule has 0 aliphatic carbocycles. The molecule has 1 aromatic rings. The Morgan fingerprint density at radius 2 is 1.84 bits per heavy atom. The molecule has 6 nitrogen and oxygen atoms in total. The minimum atomic E-state index is -0.281. The lowest BCUT2D eigenvalue weighted by molar-refractivity contribution is -0.128. The van der Waals surface area contributed by atoms with Gasteiger partial charge >= 0.3 is 6.03 Å². The second-order valence-corrected chi connectivity index (χ2v) is 7.45. The van der Waals surface area contributed by atoms with Gasteiger partial charge in [-0.3, -0.25) is 9.69 Å². The van der Waals surface area contributed by atoms with Gasteiger partial charge in [0, 0.05) is 32.7 Å². The first kappa shape index (κ1) is 17.7. The van der Waals surface area contributed by atoms with Gasteiger partial charge in [0.25, 0.3) is 0 Å². The molecule has 0 radical (unpaired) electrons. The molecule has 0 aromatic heterocycles. The zero-order chi connectivity index (χ0) is 18.0. The maximum absolute atomic E-state index is 12.9. The molecule has 136 valence electrons. The van der Waals surface area contributed by atoms with Crippen molar-refractivity contribution < 1.29 is 9.59 Å². The van der Waals surface area contributed by atoms with Crippen LogP contribution in [0.3, 0.4) is 0 Å². The fourth-order valence-corrected chi connectivity index (χ4v) is 3.93. The van der Waals surface area contributed by atoms with Gasteiger partial charge < -0.3 is 15.5 Å². The minimum Gasteiger partial charge on any atom is -0.352 e. The lowest BCUT2D eigenvalue weighted by Crippen LogP contribution is -2.55. The zero-order valence-electron chi connectivity index (χ0n) is 15.3. The van der Waals surface area contributed by atoms with Gasteiger partial charge in [-0.1, -0.05) is 30.3 Å². The van der Waals surface area contributed by atoms with Crippen LogP contribution in [0.15, 0.2) is 30.3 Å². The van der Waals surface area contributed by atoms with Crippen LogP contribution in [0, 0.1) is 0 Å². The number of hydrogen-bond acceptors (Lipinski definition) is 3. The number of benzene rings is 1. The van der Waals surface area contributed by atoms with Crippen molar-refractivity contribution in [2.75, 3.05) is 26.7 Å². The van der Waals surface area contributed by atoms with Crippen LogP contribution in [0.5, 0.6) is 0 Å².